The second kappa shape index (κ2) is 8.15. The van der Waals surface area contributed by atoms with Gasteiger partial charge in [-0.2, -0.15) is 4.98 Å². The van der Waals surface area contributed by atoms with Crippen molar-refractivity contribution in [3.8, 4) is 5.75 Å². The first-order valence-corrected chi connectivity index (χ1v) is 9.26. The molecular formula is C22H19ClN4O. The molecule has 0 radical (unpaired) electrons. The highest BCUT2D eigenvalue weighted by Gasteiger charge is 2.09. The van der Waals surface area contributed by atoms with Crippen LogP contribution in [0.3, 0.4) is 0 Å². The van der Waals surface area contributed by atoms with Crippen LogP contribution in [0.4, 0.5) is 17.5 Å². The van der Waals surface area contributed by atoms with Gasteiger partial charge in [-0.25, -0.2) is 4.98 Å². The molecule has 2 N–H and O–H groups in total. The lowest BCUT2D eigenvalue weighted by molar-refractivity contribution is 0.415. The molecule has 0 amide bonds. The average Bonchev–Trinajstić information content (AvgIpc) is 2.73. The van der Waals surface area contributed by atoms with Gasteiger partial charge in [-0.3, -0.25) is 0 Å². The summed E-state index contributed by atoms with van der Waals surface area (Å²) in [7, 11) is 1.64. The summed E-state index contributed by atoms with van der Waals surface area (Å²) in [6, 6.07) is 23.3. The third kappa shape index (κ3) is 4.00. The van der Waals surface area contributed by atoms with E-state index in [1.54, 1.807) is 7.11 Å². The molecule has 1 heterocycles. The van der Waals surface area contributed by atoms with Gasteiger partial charge in [0.2, 0.25) is 5.95 Å². The number of fused-ring (bicyclic) bond motifs is 1. The molecule has 0 atom stereocenters. The van der Waals surface area contributed by atoms with Crippen LogP contribution in [-0.2, 0) is 6.54 Å². The number of halogens is 1. The Labute approximate surface area is 168 Å². The molecule has 6 heteroatoms. The number of anilines is 3. The predicted molar refractivity (Wildman–Crippen MR) is 115 cm³/mol. The number of nitrogens with one attached hydrogen (secondary N) is 2. The van der Waals surface area contributed by atoms with Crippen LogP contribution in [-0.4, -0.2) is 17.1 Å². The van der Waals surface area contributed by atoms with E-state index in [2.05, 4.69) is 20.6 Å². The van der Waals surface area contributed by atoms with Crippen molar-refractivity contribution in [3.05, 3.63) is 83.4 Å². The average molecular weight is 391 g/mol. The van der Waals surface area contributed by atoms with Crippen LogP contribution in [0.5, 0.6) is 5.75 Å². The summed E-state index contributed by atoms with van der Waals surface area (Å²) in [5, 5.41) is 8.32. The summed E-state index contributed by atoms with van der Waals surface area (Å²) >= 11 is 6.28. The summed E-state index contributed by atoms with van der Waals surface area (Å²) < 4.78 is 5.28. The molecular weight excluding hydrogens is 372 g/mol. The van der Waals surface area contributed by atoms with Crippen LogP contribution in [0, 0.1) is 0 Å². The minimum absolute atomic E-state index is 0.508. The fourth-order valence-corrected chi connectivity index (χ4v) is 3.12. The summed E-state index contributed by atoms with van der Waals surface area (Å²) in [6.07, 6.45) is 0. The normalized spacial score (nSPS) is 10.6. The molecule has 0 aliphatic rings. The smallest absolute Gasteiger partial charge is 0.229 e. The van der Waals surface area contributed by atoms with Crippen LogP contribution in [0.1, 0.15) is 5.56 Å². The van der Waals surface area contributed by atoms with Gasteiger partial charge in [0.1, 0.15) is 11.6 Å². The monoisotopic (exact) mass is 390 g/mol. The number of hydrogen-bond donors (Lipinski definition) is 2. The second-order valence-electron chi connectivity index (χ2n) is 6.21. The Morgan fingerprint density at radius 1 is 0.929 bits per heavy atom. The highest BCUT2D eigenvalue weighted by atomic mass is 35.5. The number of ether oxygens (including phenoxy) is 1. The number of hydrogen-bond acceptors (Lipinski definition) is 5. The van der Waals surface area contributed by atoms with Gasteiger partial charge >= 0.3 is 0 Å². The molecule has 1 aromatic heterocycles. The summed E-state index contributed by atoms with van der Waals surface area (Å²) in [5.74, 6) is 2.02. The van der Waals surface area contributed by atoms with Gasteiger partial charge < -0.3 is 15.4 Å². The number of rotatable bonds is 6. The number of methoxy groups -OCH3 is 1. The van der Waals surface area contributed by atoms with Gasteiger partial charge in [0.25, 0.3) is 0 Å². The number of nitrogens with zero attached hydrogens (tertiary/aromatic N) is 2. The van der Waals surface area contributed by atoms with E-state index < -0.39 is 0 Å². The molecule has 5 nitrogen and oxygen atoms in total. The lowest BCUT2D eigenvalue weighted by Gasteiger charge is -2.13. The molecule has 0 aliphatic carbocycles. The molecule has 0 spiro atoms. The summed E-state index contributed by atoms with van der Waals surface area (Å²) in [6.45, 7) is 0.569. The Bertz CT molecular complexity index is 1120. The zero-order valence-corrected chi connectivity index (χ0v) is 16.1. The number of benzene rings is 3. The summed E-state index contributed by atoms with van der Waals surface area (Å²) in [4.78, 5) is 9.31. The van der Waals surface area contributed by atoms with E-state index in [4.69, 9.17) is 16.3 Å². The first-order valence-electron chi connectivity index (χ1n) is 8.88. The topological polar surface area (TPSA) is 59.1 Å². The van der Waals surface area contributed by atoms with Crippen LogP contribution >= 0.6 is 11.6 Å². The van der Waals surface area contributed by atoms with Gasteiger partial charge in [-0.05, 0) is 35.9 Å². The quantitative estimate of drug-likeness (QED) is 0.445. The lowest BCUT2D eigenvalue weighted by atomic mass is 10.2. The Morgan fingerprint density at radius 3 is 2.61 bits per heavy atom. The van der Waals surface area contributed by atoms with E-state index in [9.17, 15) is 0 Å². The number of aromatic nitrogens is 2. The van der Waals surface area contributed by atoms with Crippen molar-refractivity contribution in [2.24, 2.45) is 0 Å². The zero-order valence-electron chi connectivity index (χ0n) is 15.3. The molecule has 0 unspecified atom stereocenters. The first kappa shape index (κ1) is 18.1. The molecule has 28 heavy (non-hydrogen) atoms. The van der Waals surface area contributed by atoms with Crippen LogP contribution in [0.15, 0.2) is 72.8 Å². The van der Waals surface area contributed by atoms with Gasteiger partial charge in [0.05, 0.1) is 12.6 Å². The molecule has 0 bridgehead atoms. The first-order chi connectivity index (χ1) is 13.7. The maximum atomic E-state index is 6.28. The van der Waals surface area contributed by atoms with E-state index in [0.717, 1.165) is 38.7 Å². The largest absolute Gasteiger partial charge is 0.497 e. The van der Waals surface area contributed by atoms with Crippen LogP contribution < -0.4 is 15.4 Å². The molecule has 140 valence electrons. The van der Waals surface area contributed by atoms with Crippen molar-refractivity contribution >= 4 is 40.0 Å². The van der Waals surface area contributed by atoms with Gasteiger partial charge in [-0.1, -0.05) is 48.0 Å². The Kier molecular flexibility index (Phi) is 5.26. The standard InChI is InChI=1S/C22H19ClN4O/c1-28-17-9-6-8-16(13-17)25-22-26-20-12-5-3-10-18(20)21(27-22)24-14-15-7-2-4-11-19(15)23/h2-13H,14H2,1H3,(H2,24,25,26,27). The SMILES string of the molecule is COc1cccc(Nc2nc(NCc3ccccc3Cl)c3ccccc3n2)c1. The fraction of sp³-hybridized carbons (Fsp3) is 0.0909. The van der Waals surface area contributed by atoms with Crippen LogP contribution in [0.25, 0.3) is 10.9 Å². The maximum Gasteiger partial charge on any atom is 0.229 e. The molecule has 0 saturated heterocycles. The van der Waals surface area contributed by atoms with Gasteiger partial charge in [0.15, 0.2) is 0 Å². The summed E-state index contributed by atoms with van der Waals surface area (Å²) in [5.41, 5.74) is 2.71. The Balaban J connectivity index is 1.66. The van der Waals surface area contributed by atoms with Gasteiger partial charge in [-0.15, -0.1) is 0 Å². The maximum absolute atomic E-state index is 6.28. The Hall–Kier alpha value is -3.31. The lowest BCUT2D eigenvalue weighted by Crippen LogP contribution is -2.06. The minimum Gasteiger partial charge on any atom is -0.497 e. The van der Waals surface area contributed by atoms with Crippen molar-refractivity contribution in [1.82, 2.24) is 9.97 Å². The fourth-order valence-electron chi connectivity index (χ4n) is 2.92. The van der Waals surface area contributed by atoms with E-state index in [-0.39, 0.29) is 0 Å². The van der Waals surface area contributed by atoms with Crippen molar-refractivity contribution in [2.75, 3.05) is 17.7 Å². The van der Waals surface area contributed by atoms with Crippen molar-refractivity contribution in [2.45, 2.75) is 6.54 Å². The highest BCUT2D eigenvalue weighted by Crippen LogP contribution is 2.26. The molecule has 0 fully saturated rings. The third-order valence-corrected chi connectivity index (χ3v) is 4.70. The van der Waals surface area contributed by atoms with E-state index in [1.807, 2.05) is 72.8 Å². The van der Waals surface area contributed by atoms with Gasteiger partial charge in [0, 0.05) is 28.7 Å². The van der Waals surface area contributed by atoms with E-state index >= 15 is 0 Å². The molecule has 0 aliphatic heterocycles. The van der Waals surface area contributed by atoms with Crippen molar-refractivity contribution < 1.29 is 4.74 Å². The van der Waals surface area contributed by atoms with Crippen molar-refractivity contribution in [1.29, 1.82) is 0 Å². The molecule has 0 saturated carbocycles. The highest BCUT2D eigenvalue weighted by molar-refractivity contribution is 6.31. The number of para-hydroxylation sites is 1. The van der Waals surface area contributed by atoms with E-state index in [1.165, 1.54) is 0 Å². The molecule has 3 aromatic carbocycles. The molecule has 4 aromatic rings. The van der Waals surface area contributed by atoms with Crippen LogP contribution in [0.2, 0.25) is 5.02 Å². The zero-order chi connectivity index (χ0) is 19.3. The second-order valence-corrected chi connectivity index (χ2v) is 6.62. The predicted octanol–water partition coefficient (Wildman–Crippen LogP) is 5.65. The molecule has 4 rings (SSSR count). The van der Waals surface area contributed by atoms with E-state index in [0.29, 0.717) is 12.5 Å². The Morgan fingerprint density at radius 2 is 1.75 bits per heavy atom. The minimum atomic E-state index is 0.508. The van der Waals surface area contributed by atoms with Crippen molar-refractivity contribution in [3.63, 3.8) is 0 Å². The third-order valence-electron chi connectivity index (χ3n) is 4.33.